The third-order valence-electron chi connectivity index (χ3n) is 3.16. The number of anilines is 1. The van der Waals surface area contributed by atoms with Crippen LogP contribution in [0.1, 0.15) is 5.56 Å². The molecule has 2 aromatic carbocycles. The normalized spacial score (nSPS) is 10.9. The Labute approximate surface area is 110 Å². The topological polar surface area (TPSA) is 61.2 Å². The van der Waals surface area contributed by atoms with Crippen molar-refractivity contribution in [2.24, 2.45) is 0 Å². The molecule has 0 unspecified atom stereocenters. The van der Waals surface area contributed by atoms with Crippen LogP contribution in [-0.2, 0) is 13.0 Å². The van der Waals surface area contributed by atoms with Gasteiger partial charge in [-0.15, -0.1) is 0 Å². The monoisotopic (exact) mass is 254 g/mol. The number of hydrogen-bond donors (Lipinski definition) is 1. The minimum Gasteiger partial charge on any atom is -0.408 e. The highest BCUT2D eigenvalue weighted by atomic mass is 16.4. The quantitative estimate of drug-likeness (QED) is 0.730. The first-order valence-corrected chi connectivity index (χ1v) is 6.17. The summed E-state index contributed by atoms with van der Waals surface area (Å²) in [5, 5.41) is 0. The van der Waals surface area contributed by atoms with Crippen LogP contribution in [0.5, 0.6) is 0 Å². The first kappa shape index (κ1) is 11.6. The lowest BCUT2D eigenvalue weighted by molar-refractivity contribution is 0.505. The molecule has 2 N–H and O–H groups in total. The van der Waals surface area contributed by atoms with Crippen LogP contribution in [-0.4, -0.2) is 4.57 Å². The van der Waals surface area contributed by atoms with Crippen molar-refractivity contribution in [2.75, 3.05) is 5.73 Å². The number of hydrogen-bond acceptors (Lipinski definition) is 3. The van der Waals surface area contributed by atoms with Gasteiger partial charge in [-0.25, -0.2) is 4.79 Å². The van der Waals surface area contributed by atoms with Crippen LogP contribution in [0.15, 0.2) is 57.7 Å². The van der Waals surface area contributed by atoms with Crippen molar-refractivity contribution >= 4 is 16.8 Å². The summed E-state index contributed by atoms with van der Waals surface area (Å²) >= 11 is 0. The predicted octanol–water partition coefficient (Wildman–Crippen LogP) is 2.42. The fourth-order valence-electron chi connectivity index (χ4n) is 2.18. The van der Waals surface area contributed by atoms with E-state index in [1.807, 2.05) is 36.4 Å². The zero-order valence-electron chi connectivity index (χ0n) is 10.4. The molecule has 0 atom stereocenters. The fourth-order valence-corrected chi connectivity index (χ4v) is 2.18. The van der Waals surface area contributed by atoms with Crippen molar-refractivity contribution in [3.63, 3.8) is 0 Å². The van der Waals surface area contributed by atoms with Crippen LogP contribution in [0.4, 0.5) is 5.69 Å². The summed E-state index contributed by atoms with van der Waals surface area (Å²) in [5.41, 5.74) is 8.79. The van der Waals surface area contributed by atoms with E-state index in [0.717, 1.165) is 11.9 Å². The van der Waals surface area contributed by atoms with Gasteiger partial charge in [0.15, 0.2) is 5.58 Å². The molecule has 4 nitrogen and oxygen atoms in total. The highest BCUT2D eigenvalue weighted by molar-refractivity contribution is 5.76. The van der Waals surface area contributed by atoms with Crippen molar-refractivity contribution in [1.82, 2.24) is 4.57 Å². The maximum atomic E-state index is 11.8. The molecule has 0 aliphatic rings. The summed E-state index contributed by atoms with van der Waals surface area (Å²) in [5.74, 6) is -0.337. The Bertz CT molecular complexity index is 757. The molecule has 0 amide bonds. The first-order valence-electron chi connectivity index (χ1n) is 6.17. The van der Waals surface area contributed by atoms with Crippen LogP contribution >= 0.6 is 0 Å². The second kappa shape index (κ2) is 4.65. The number of nitrogen functional groups attached to an aromatic ring is 1. The number of nitrogens with zero attached hydrogens (tertiary/aromatic N) is 1. The Kier molecular flexibility index (Phi) is 2.83. The van der Waals surface area contributed by atoms with E-state index in [4.69, 9.17) is 10.2 Å². The SMILES string of the molecule is Nc1ccc2c(c1)oc(=O)n2CCc1ccccc1. The fraction of sp³-hybridized carbons (Fsp3) is 0.133. The minimum atomic E-state index is -0.337. The Morgan fingerprint density at radius 1 is 1.11 bits per heavy atom. The lowest BCUT2D eigenvalue weighted by atomic mass is 10.1. The molecular weight excluding hydrogens is 240 g/mol. The van der Waals surface area contributed by atoms with Gasteiger partial charge in [0.25, 0.3) is 0 Å². The summed E-state index contributed by atoms with van der Waals surface area (Å²) in [4.78, 5) is 11.8. The molecule has 0 radical (unpaired) electrons. The molecule has 0 aliphatic carbocycles. The summed E-state index contributed by atoms with van der Waals surface area (Å²) in [7, 11) is 0. The van der Waals surface area contributed by atoms with Crippen molar-refractivity contribution < 1.29 is 4.42 Å². The molecule has 96 valence electrons. The number of oxazole rings is 1. The maximum Gasteiger partial charge on any atom is 0.419 e. The Balaban J connectivity index is 1.93. The lowest BCUT2D eigenvalue weighted by Gasteiger charge is -2.02. The molecule has 1 aromatic heterocycles. The van der Waals surface area contributed by atoms with Crippen LogP contribution in [0.3, 0.4) is 0 Å². The third-order valence-corrected chi connectivity index (χ3v) is 3.16. The van der Waals surface area contributed by atoms with E-state index < -0.39 is 0 Å². The summed E-state index contributed by atoms with van der Waals surface area (Å²) in [6.07, 6.45) is 0.791. The molecule has 3 rings (SSSR count). The zero-order chi connectivity index (χ0) is 13.2. The molecule has 0 fully saturated rings. The molecule has 0 saturated heterocycles. The molecular formula is C15H14N2O2. The van der Waals surface area contributed by atoms with Gasteiger partial charge in [-0.1, -0.05) is 30.3 Å². The lowest BCUT2D eigenvalue weighted by Crippen LogP contribution is -2.15. The Hall–Kier alpha value is -2.49. The minimum absolute atomic E-state index is 0.337. The molecule has 3 aromatic rings. The second-order valence-electron chi connectivity index (χ2n) is 4.48. The van der Waals surface area contributed by atoms with E-state index in [1.165, 1.54) is 5.56 Å². The largest absolute Gasteiger partial charge is 0.419 e. The zero-order valence-corrected chi connectivity index (χ0v) is 10.4. The summed E-state index contributed by atoms with van der Waals surface area (Å²) in [6, 6.07) is 15.3. The molecule has 0 bridgehead atoms. The van der Waals surface area contributed by atoms with Crippen molar-refractivity contribution in [3.8, 4) is 0 Å². The van der Waals surface area contributed by atoms with Gasteiger partial charge < -0.3 is 10.2 Å². The van der Waals surface area contributed by atoms with Gasteiger partial charge in [0.1, 0.15) is 0 Å². The average molecular weight is 254 g/mol. The van der Waals surface area contributed by atoms with E-state index in [1.54, 1.807) is 16.7 Å². The number of nitrogens with two attached hydrogens (primary N) is 1. The van der Waals surface area contributed by atoms with Crippen LogP contribution in [0.25, 0.3) is 11.1 Å². The number of aryl methyl sites for hydroxylation is 2. The van der Waals surface area contributed by atoms with Crippen molar-refractivity contribution in [2.45, 2.75) is 13.0 Å². The van der Waals surface area contributed by atoms with Gasteiger partial charge in [0.05, 0.1) is 5.52 Å². The maximum absolute atomic E-state index is 11.8. The Morgan fingerprint density at radius 2 is 1.89 bits per heavy atom. The highest BCUT2D eigenvalue weighted by Gasteiger charge is 2.09. The van der Waals surface area contributed by atoms with Gasteiger partial charge in [-0.3, -0.25) is 4.57 Å². The number of rotatable bonds is 3. The molecule has 1 heterocycles. The molecule has 0 saturated carbocycles. The van der Waals surface area contributed by atoms with Crippen LogP contribution in [0, 0.1) is 0 Å². The summed E-state index contributed by atoms with van der Waals surface area (Å²) in [6.45, 7) is 0.597. The van der Waals surface area contributed by atoms with Crippen molar-refractivity contribution in [3.05, 3.63) is 64.6 Å². The number of fused-ring (bicyclic) bond motifs is 1. The van der Waals surface area contributed by atoms with E-state index >= 15 is 0 Å². The third kappa shape index (κ3) is 2.25. The Morgan fingerprint density at radius 3 is 2.68 bits per heavy atom. The van der Waals surface area contributed by atoms with E-state index in [0.29, 0.717) is 17.8 Å². The standard InChI is InChI=1S/C15H14N2O2/c16-12-6-7-13-14(10-12)19-15(18)17(13)9-8-11-4-2-1-3-5-11/h1-7,10H,8-9,16H2. The second-order valence-corrected chi connectivity index (χ2v) is 4.48. The van der Waals surface area contributed by atoms with Gasteiger partial charge in [-0.05, 0) is 24.1 Å². The molecule has 0 spiro atoms. The van der Waals surface area contributed by atoms with Gasteiger partial charge in [-0.2, -0.15) is 0 Å². The van der Waals surface area contributed by atoms with Crippen molar-refractivity contribution in [1.29, 1.82) is 0 Å². The predicted molar refractivity (Wildman–Crippen MR) is 75.0 cm³/mol. The molecule has 19 heavy (non-hydrogen) atoms. The number of aromatic nitrogens is 1. The van der Waals surface area contributed by atoms with Crippen LogP contribution in [0.2, 0.25) is 0 Å². The van der Waals surface area contributed by atoms with Crippen LogP contribution < -0.4 is 11.5 Å². The van der Waals surface area contributed by atoms with E-state index in [2.05, 4.69) is 0 Å². The highest BCUT2D eigenvalue weighted by Crippen LogP contribution is 2.16. The van der Waals surface area contributed by atoms with Gasteiger partial charge in [0.2, 0.25) is 0 Å². The first-order chi connectivity index (χ1) is 9.24. The average Bonchev–Trinajstić information content (AvgIpc) is 2.72. The van der Waals surface area contributed by atoms with Gasteiger partial charge in [0, 0.05) is 18.3 Å². The van der Waals surface area contributed by atoms with E-state index in [-0.39, 0.29) is 5.76 Å². The summed E-state index contributed by atoms with van der Waals surface area (Å²) < 4.78 is 6.84. The smallest absolute Gasteiger partial charge is 0.408 e. The van der Waals surface area contributed by atoms with Gasteiger partial charge >= 0.3 is 5.76 Å². The molecule has 4 heteroatoms. The molecule has 0 aliphatic heterocycles. The number of benzene rings is 2. The van der Waals surface area contributed by atoms with E-state index in [9.17, 15) is 4.79 Å².